The van der Waals surface area contributed by atoms with E-state index < -0.39 is 5.41 Å². The smallest absolute Gasteiger partial charge is 0.228 e. The molecule has 2 aromatic rings. The highest BCUT2D eigenvalue weighted by atomic mass is 16.2. The van der Waals surface area contributed by atoms with Crippen LogP contribution in [0.15, 0.2) is 48.8 Å². The van der Waals surface area contributed by atoms with Crippen molar-refractivity contribution in [2.24, 2.45) is 5.41 Å². The summed E-state index contributed by atoms with van der Waals surface area (Å²) in [6, 6.07) is 12.4. The van der Waals surface area contributed by atoms with E-state index in [0.717, 1.165) is 42.5 Å². The van der Waals surface area contributed by atoms with Gasteiger partial charge < -0.3 is 10.2 Å². The average molecular weight is 408 g/mol. The molecule has 1 N–H and O–H groups in total. The lowest BCUT2D eigenvalue weighted by atomic mass is 9.73. The van der Waals surface area contributed by atoms with E-state index in [1.54, 1.807) is 12.4 Å². The van der Waals surface area contributed by atoms with E-state index >= 15 is 0 Å². The van der Waals surface area contributed by atoms with Crippen molar-refractivity contribution in [1.29, 1.82) is 0 Å². The number of rotatable bonds is 7. The molecule has 1 aliphatic heterocycles. The van der Waals surface area contributed by atoms with Gasteiger partial charge in [-0.1, -0.05) is 31.2 Å². The molecule has 1 atom stereocenters. The molecular formula is C25H33N3O2. The molecular weight excluding hydrogens is 374 g/mol. The van der Waals surface area contributed by atoms with Crippen LogP contribution in [0.2, 0.25) is 0 Å². The van der Waals surface area contributed by atoms with E-state index in [1.807, 2.05) is 43.9 Å². The molecule has 2 heterocycles. The third-order valence-corrected chi connectivity index (χ3v) is 5.78. The monoisotopic (exact) mass is 407 g/mol. The molecule has 2 amide bonds. The second-order valence-electron chi connectivity index (χ2n) is 8.69. The minimum atomic E-state index is -0.594. The Balaban J connectivity index is 1.90. The number of likely N-dealkylation sites (tertiary alicyclic amines) is 1. The second kappa shape index (κ2) is 9.88. The largest absolute Gasteiger partial charge is 0.353 e. The van der Waals surface area contributed by atoms with Crippen molar-refractivity contribution in [2.45, 2.75) is 58.9 Å². The van der Waals surface area contributed by atoms with Crippen molar-refractivity contribution >= 4 is 11.8 Å². The van der Waals surface area contributed by atoms with Gasteiger partial charge in [-0.25, -0.2) is 0 Å². The van der Waals surface area contributed by atoms with E-state index in [0.29, 0.717) is 19.4 Å². The van der Waals surface area contributed by atoms with Crippen molar-refractivity contribution in [2.75, 3.05) is 13.1 Å². The topological polar surface area (TPSA) is 62.3 Å². The van der Waals surface area contributed by atoms with Crippen LogP contribution in [-0.4, -0.2) is 40.8 Å². The number of nitrogens with zero attached hydrogens (tertiary/aromatic N) is 2. The van der Waals surface area contributed by atoms with E-state index in [4.69, 9.17) is 0 Å². The summed E-state index contributed by atoms with van der Waals surface area (Å²) >= 11 is 0. The first-order valence-corrected chi connectivity index (χ1v) is 11.0. The van der Waals surface area contributed by atoms with Crippen molar-refractivity contribution < 1.29 is 9.59 Å². The van der Waals surface area contributed by atoms with Gasteiger partial charge in [-0.3, -0.25) is 14.6 Å². The molecule has 0 saturated carbocycles. The zero-order chi connectivity index (χ0) is 21.6. The molecule has 1 saturated heterocycles. The van der Waals surface area contributed by atoms with Gasteiger partial charge in [0.05, 0.1) is 5.41 Å². The summed E-state index contributed by atoms with van der Waals surface area (Å²) in [6.07, 6.45) is 7.22. The fourth-order valence-corrected chi connectivity index (χ4v) is 4.34. The van der Waals surface area contributed by atoms with E-state index in [1.165, 1.54) is 0 Å². The maximum absolute atomic E-state index is 13.4. The van der Waals surface area contributed by atoms with Gasteiger partial charge in [0.1, 0.15) is 0 Å². The van der Waals surface area contributed by atoms with Gasteiger partial charge in [0.2, 0.25) is 11.8 Å². The zero-order valence-corrected chi connectivity index (χ0v) is 18.4. The molecule has 30 heavy (non-hydrogen) atoms. The summed E-state index contributed by atoms with van der Waals surface area (Å²) in [5, 5.41) is 3.13. The van der Waals surface area contributed by atoms with Crippen LogP contribution in [-0.2, 0) is 16.0 Å². The Morgan fingerprint density at radius 1 is 1.17 bits per heavy atom. The number of carbonyl (C=O) groups excluding carboxylic acids is 2. The number of carbonyl (C=O) groups is 2. The summed E-state index contributed by atoms with van der Waals surface area (Å²) in [6.45, 7) is 7.22. The minimum absolute atomic E-state index is 0.0563. The van der Waals surface area contributed by atoms with Crippen LogP contribution in [0.1, 0.15) is 52.0 Å². The molecule has 1 aliphatic rings. The molecule has 0 radical (unpaired) electrons. The van der Waals surface area contributed by atoms with Gasteiger partial charge in [-0.15, -0.1) is 0 Å². The van der Waals surface area contributed by atoms with Gasteiger partial charge in [0.15, 0.2) is 0 Å². The van der Waals surface area contributed by atoms with Crippen LogP contribution in [0.3, 0.4) is 0 Å². The predicted octanol–water partition coefficient (Wildman–Crippen LogP) is 4.22. The lowest BCUT2D eigenvalue weighted by Crippen LogP contribution is -2.55. The van der Waals surface area contributed by atoms with Gasteiger partial charge in [0.25, 0.3) is 0 Å². The number of amides is 2. The Kier molecular flexibility index (Phi) is 7.24. The summed E-state index contributed by atoms with van der Waals surface area (Å²) in [7, 11) is 0. The molecule has 1 aromatic heterocycles. The minimum Gasteiger partial charge on any atom is -0.353 e. The number of benzene rings is 1. The number of nitrogens with one attached hydrogen (secondary N) is 1. The zero-order valence-electron chi connectivity index (χ0n) is 18.4. The number of aromatic nitrogens is 1. The molecule has 3 rings (SSSR count). The molecule has 1 unspecified atom stereocenters. The fourth-order valence-electron chi connectivity index (χ4n) is 4.34. The van der Waals surface area contributed by atoms with Crippen LogP contribution in [0.4, 0.5) is 0 Å². The van der Waals surface area contributed by atoms with Gasteiger partial charge in [0, 0.05) is 37.9 Å². The number of pyridine rings is 1. The maximum atomic E-state index is 13.4. The Morgan fingerprint density at radius 2 is 1.93 bits per heavy atom. The quantitative estimate of drug-likeness (QED) is 0.747. The van der Waals surface area contributed by atoms with Crippen LogP contribution < -0.4 is 5.32 Å². The van der Waals surface area contributed by atoms with Crippen molar-refractivity contribution in [3.8, 4) is 11.1 Å². The Hall–Kier alpha value is -2.69. The standard InChI is InChI=1S/C25H33N3O2/c1-4-7-23(29)28-15-6-12-25(18-28,24(30)27-19(2)3)17-20-8-5-9-22(16-20)21-10-13-26-14-11-21/h5,8-11,13-14,16,19H,4,6-7,12,15,17-18H2,1-3H3,(H,27,30). The lowest BCUT2D eigenvalue weighted by molar-refractivity contribution is -0.142. The summed E-state index contributed by atoms with van der Waals surface area (Å²) in [5.74, 6) is 0.213. The van der Waals surface area contributed by atoms with Crippen molar-refractivity contribution in [3.05, 3.63) is 54.4 Å². The molecule has 5 heteroatoms. The first-order chi connectivity index (χ1) is 14.4. The molecule has 0 bridgehead atoms. The lowest BCUT2D eigenvalue weighted by Gasteiger charge is -2.42. The third-order valence-electron chi connectivity index (χ3n) is 5.78. The van der Waals surface area contributed by atoms with Crippen LogP contribution in [0, 0.1) is 5.41 Å². The highest BCUT2D eigenvalue weighted by molar-refractivity contribution is 5.85. The molecule has 1 aromatic carbocycles. The number of piperidine rings is 1. The number of hydrogen-bond acceptors (Lipinski definition) is 3. The summed E-state index contributed by atoms with van der Waals surface area (Å²) < 4.78 is 0. The molecule has 160 valence electrons. The van der Waals surface area contributed by atoms with Crippen molar-refractivity contribution in [1.82, 2.24) is 15.2 Å². The van der Waals surface area contributed by atoms with E-state index in [9.17, 15) is 9.59 Å². The molecule has 0 aliphatic carbocycles. The maximum Gasteiger partial charge on any atom is 0.228 e. The third kappa shape index (κ3) is 5.26. The van der Waals surface area contributed by atoms with Crippen LogP contribution >= 0.6 is 0 Å². The Bertz CT molecular complexity index is 866. The summed E-state index contributed by atoms with van der Waals surface area (Å²) in [4.78, 5) is 32.0. The highest BCUT2D eigenvalue weighted by Gasteiger charge is 2.43. The normalized spacial score (nSPS) is 19.0. The van der Waals surface area contributed by atoms with Gasteiger partial charge in [-0.2, -0.15) is 0 Å². The van der Waals surface area contributed by atoms with Crippen molar-refractivity contribution in [3.63, 3.8) is 0 Å². The first kappa shape index (κ1) is 22.0. The van der Waals surface area contributed by atoms with E-state index in [2.05, 4.69) is 28.5 Å². The van der Waals surface area contributed by atoms with Crippen LogP contribution in [0.25, 0.3) is 11.1 Å². The molecule has 0 spiro atoms. The summed E-state index contributed by atoms with van der Waals surface area (Å²) in [5.41, 5.74) is 2.75. The highest BCUT2D eigenvalue weighted by Crippen LogP contribution is 2.35. The SMILES string of the molecule is CCCC(=O)N1CCCC(Cc2cccc(-c3ccncc3)c2)(C(=O)NC(C)C)C1. The Morgan fingerprint density at radius 3 is 2.63 bits per heavy atom. The number of hydrogen-bond donors (Lipinski definition) is 1. The van der Waals surface area contributed by atoms with Gasteiger partial charge >= 0.3 is 0 Å². The molecule has 1 fully saturated rings. The van der Waals surface area contributed by atoms with Gasteiger partial charge in [-0.05, 0) is 68.4 Å². The second-order valence-corrected chi connectivity index (χ2v) is 8.69. The van der Waals surface area contributed by atoms with E-state index in [-0.39, 0.29) is 17.9 Å². The average Bonchev–Trinajstić information content (AvgIpc) is 2.74. The fraction of sp³-hybridized carbons (Fsp3) is 0.480. The molecule has 5 nitrogen and oxygen atoms in total. The van der Waals surface area contributed by atoms with Crippen LogP contribution in [0.5, 0.6) is 0 Å². The first-order valence-electron chi connectivity index (χ1n) is 11.0. The Labute approximate surface area is 179 Å². The predicted molar refractivity (Wildman–Crippen MR) is 120 cm³/mol.